The molecule has 1 heteroatoms. The molecule has 0 rings (SSSR count). The van der Waals surface area contributed by atoms with E-state index in [-0.39, 0.29) is 0 Å². The van der Waals surface area contributed by atoms with Crippen molar-refractivity contribution in [3.05, 3.63) is 23.3 Å². The van der Waals surface area contributed by atoms with Gasteiger partial charge in [0.1, 0.15) is 0 Å². The lowest BCUT2D eigenvalue weighted by molar-refractivity contribution is 1.06. The predicted molar refractivity (Wildman–Crippen MR) is 55.8 cm³/mol. The van der Waals surface area contributed by atoms with E-state index in [1.165, 1.54) is 11.1 Å². The summed E-state index contributed by atoms with van der Waals surface area (Å²) in [7, 11) is 0. The van der Waals surface area contributed by atoms with Crippen LogP contribution >= 0.6 is 0 Å². The second-order valence-corrected chi connectivity index (χ2v) is 3.57. The molecule has 0 fully saturated rings. The van der Waals surface area contributed by atoms with Crippen LogP contribution in [0.5, 0.6) is 0 Å². The first-order valence-electron chi connectivity index (χ1n) is 4.38. The van der Waals surface area contributed by atoms with Crippen LogP contribution in [0.15, 0.2) is 23.3 Å². The molecule has 0 saturated carbocycles. The summed E-state index contributed by atoms with van der Waals surface area (Å²) in [6.45, 7) is 8.22. The Hall–Kier alpha value is -0.850. The highest BCUT2D eigenvalue weighted by Crippen LogP contribution is 2.00. The topological polar surface area (TPSA) is 23.9 Å². The van der Waals surface area contributed by atoms with Gasteiger partial charge in [0.15, 0.2) is 0 Å². The largest absolute Gasteiger partial charge is 0.305 e. The first kappa shape index (κ1) is 11.2. The fourth-order valence-corrected chi connectivity index (χ4v) is 0.937. The number of nitrogens with one attached hydrogen (secondary N) is 1. The second kappa shape index (κ2) is 5.76. The van der Waals surface area contributed by atoms with E-state index < -0.39 is 0 Å². The Morgan fingerprint density at radius 3 is 2.08 bits per heavy atom. The molecule has 68 valence electrons. The molecule has 0 unspecified atom stereocenters. The van der Waals surface area contributed by atoms with Crippen LogP contribution in [0, 0.1) is 5.41 Å². The summed E-state index contributed by atoms with van der Waals surface area (Å²) in [5.41, 5.74) is 3.27. The molecule has 1 N–H and O–H groups in total. The summed E-state index contributed by atoms with van der Waals surface area (Å²) in [6, 6.07) is 0. The summed E-state index contributed by atoms with van der Waals surface area (Å²) in [4.78, 5) is 0. The van der Waals surface area contributed by atoms with Gasteiger partial charge in [0.2, 0.25) is 0 Å². The lowest BCUT2D eigenvalue weighted by atomic mass is 10.1. The third kappa shape index (κ3) is 7.26. The lowest BCUT2D eigenvalue weighted by Crippen LogP contribution is -1.90. The van der Waals surface area contributed by atoms with Gasteiger partial charge < -0.3 is 5.41 Å². The van der Waals surface area contributed by atoms with Gasteiger partial charge in [0.05, 0.1) is 0 Å². The van der Waals surface area contributed by atoms with Gasteiger partial charge in [-0.25, -0.2) is 0 Å². The Morgan fingerprint density at radius 2 is 1.67 bits per heavy atom. The Balaban J connectivity index is 3.74. The third-order valence-corrected chi connectivity index (χ3v) is 1.43. The maximum atomic E-state index is 7.56. The number of allylic oxidation sites excluding steroid dienone is 4. The molecule has 0 spiro atoms. The van der Waals surface area contributed by atoms with E-state index in [0.29, 0.717) is 0 Å². The highest BCUT2D eigenvalue weighted by molar-refractivity contribution is 5.92. The molecule has 0 aliphatic carbocycles. The Morgan fingerprint density at radius 1 is 1.08 bits per heavy atom. The first-order chi connectivity index (χ1) is 5.52. The summed E-state index contributed by atoms with van der Waals surface area (Å²) < 4.78 is 0. The molecule has 0 aromatic heterocycles. The Bertz CT molecular complexity index is 201. The summed E-state index contributed by atoms with van der Waals surface area (Å²) in [6.07, 6.45) is 5.95. The van der Waals surface area contributed by atoms with Crippen molar-refractivity contribution in [1.29, 1.82) is 5.41 Å². The molecule has 1 nitrogen and oxygen atoms in total. The van der Waals surface area contributed by atoms with Crippen LogP contribution in [0.2, 0.25) is 0 Å². The number of hydrogen-bond acceptors (Lipinski definition) is 1. The highest BCUT2D eigenvalue weighted by atomic mass is 14.4. The molecule has 0 bridgehead atoms. The molecule has 0 radical (unpaired) electrons. The van der Waals surface area contributed by atoms with E-state index >= 15 is 0 Å². The van der Waals surface area contributed by atoms with E-state index in [9.17, 15) is 0 Å². The van der Waals surface area contributed by atoms with Crippen LogP contribution in [0.1, 0.15) is 40.5 Å². The molecule has 0 saturated heterocycles. The van der Waals surface area contributed by atoms with Gasteiger partial charge in [-0.15, -0.1) is 0 Å². The van der Waals surface area contributed by atoms with Crippen molar-refractivity contribution >= 4 is 5.71 Å². The third-order valence-electron chi connectivity index (χ3n) is 1.43. The molecule has 0 aromatic rings. The van der Waals surface area contributed by atoms with E-state index in [2.05, 4.69) is 19.9 Å². The van der Waals surface area contributed by atoms with Gasteiger partial charge in [0, 0.05) is 5.71 Å². The fraction of sp³-hybridized carbons (Fsp3) is 0.545. The number of hydrogen-bond donors (Lipinski definition) is 1. The fourth-order valence-electron chi connectivity index (χ4n) is 0.937. The van der Waals surface area contributed by atoms with Crippen LogP contribution in [0.4, 0.5) is 0 Å². The van der Waals surface area contributed by atoms with Crippen molar-refractivity contribution in [1.82, 2.24) is 0 Å². The van der Waals surface area contributed by atoms with Gasteiger partial charge in [0.25, 0.3) is 0 Å². The summed E-state index contributed by atoms with van der Waals surface area (Å²) >= 11 is 0. The summed E-state index contributed by atoms with van der Waals surface area (Å²) in [5.74, 6) is 0. The van der Waals surface area contributed by atoms with Crippen molar-refractivity contribution in [2.75, 3.05) is 0 Å². The highest BCUT2D eigenvalue weighted by Gasteiger charge is 1.90. The smallest absolute Gasteiger partial charge is 0.0316 e. The molecule has 0 aliphatic rings. The van der Waals surface area contributed by atoms with Crippen molar-refractivity contribution in [2.24, 2.45) is 0 Å². The molecular weight excluding hydrogens is 146 g/mol. The minimum Gasteiger partial charge on any atom is -0.305 e. The zero-order chi connectivity index (χ0) is 9.56. The minimum atomic E-state index is 0.729. The maximum absolute atomic E-state index is 7.56. The average molecular weight is 165 g/mol. The van der Waals surface area contributed by atoms with Crippen molar-refractivity contribution < 1.29 is 0 Å². The molecule has 0 atom stereocenters. The van der Waals surface area contributed by atoms with E-state index in [1.54, 1.807) is 0 Å². The van der Waals surface area contributed by atoms with Gasteiger partial charge in [-0.05, 0) is 46.6 Å². The molecular formula is C11H19N. The SMILES string of the molecule is CC(C)=CCCC(=N)C=C(C)C. The Labute approximate surface area is 75.7 Å². The molecule has 0 amide bonds. The van der Waals surface area contributed by atoms with E-state index in [1.807, 2.05) is 19.9 Å². The van der Waals surface area contributed by atoms with Crippen LogP contribution in [0.3, 0.4) is 0 Å². The average Bonchev–Trinajstić information content (AvgIpc) is 1.84. The van der Waals surface area contributed by atoms with E-state index in [0.717, 1.165) is 18.6 Å². The molecule has 12 heavy (non-hydrogen) atoms. The minimum absolute atomic E-state index is 0.729. The standard InChI is InChI=1S/C11H19N/c1-9(2)6-5-7-11(12)8-10(3)4/h6,8,12H,5,7H2,1-4H3. The van der Waals surface area contributed by atoms with Crippen molar-refractivity contribution in [3.8, 4) is 0 Å². The Kier molecular flexibility index (Phi) is 5.35. The van der Waals surface area contributed by atoms with Crippen LogP contribution in [-0.2, 0) is 0 Å². The zero-order valence-electron chi connectivity index (χ0n) is 8.57. The zero-order valence-corrected chi connectivity index (χ0v) is 8.57. The van der Waals surface area contributed by atoms with Gasteiger partial charge in [-0.2, -0.15) is 0 Å². The number of rotatable bonds is 4. The van der Waals surface area contributed by atoms with Crippen LogP contribution in [-0.4, -0.2) is 5.71 Å². The second-order valence-electron chi connectivity index (χ2n) is 3.57. The normalized spacial score (nSPS) is 9.00. The van der Waals surface area contributed by atoms with Crippen molar-refractivity contribution in [2.45, 2.75) is 40.5 Å². The quantitative estimate of drug-likeness (QED) is 0.485. The lowest BCUT2D eigenvalue weighted by Gasteiger charge is -1.96. The predicted octanol–water partition coefficient (Wildman–Crippen LogP) is 3.72. The van der Waals surface area contributed by atoms with Crippen LogP contribution < -0.4 is 0 Å². The first-order valence-corrected chi connectivity index (χ1v) is 4.38. The monoisotopic (exact) mass is 165 g/mol. The van der Waals surface area contributed by atoms with Crippen molar-refractivity contribution in [3.63, 3.8) is 0 Å². The molecule has 0 aromatic carbocycles. The molecule has 0 heterocycles. The van der Waals surface area contributed by atoms with Crippen LogP contribution in [0.25, 0.3) is 0 Å². The van der Waals surface area contributed by atoms with E-state index in [4.69, 9.17) is 5.41 Å². The maximum Gasteiger partial charge on any atom is 0.0316 e. The van der Waals surface area contributed by atoms with Gasteiger partial charge in [-0.3, -0.25) is 0 Å². The van der Waals surface area contributed by atoms with Gasteiger partial charge >= 0.3 is 0 Å². The summed E-state index contributed by atoms with van der Waals surface area (Å²) in [5, 5.41) is 7.56. The van der Waals surface area contributed by atoms with Gasteiger partial charge in [-0.1, -0.05) is 17.2 Å². The molecule has 0 aliphatic heterocycles.